The average Bonchev–Trinajstić information content (AvgIpc) is 3.01. The molecule has 1 aromatic carbocycles. The van der Waals surface area contributed by atoms with Crippen LogP contribution in [0, 0.1) is 5.82 Å². The van der Waals surface area contributed by atoms with E-state index in [0.717, 1.165) is 11.0 Å². The minimum absolute atomic E-state index is 0.101. The molecule has 0 aliphatic carbocycles. The van der Waals surface area contributed by atoms with Gasteiger partial charge in [-0.15, -0.1) is 0 Å². The molecule has 1 amide bonds. The largest absolute Gasteiger partial charge is 0.419 e. The Bertz CT molecular complexity index is 1100. The van der Waals surface area contributed by atoms with Crippen LogP contribution in [0.5, 0.6) is 0 Å². The van der Waals surface area contributed by atoms with Crippen molar-refractivity contribution in [3.63, 3.8) is 0 Å². The Hall–Kier alpha value is -3.04. The van der Waals surface area contributed by atoms with Crippen molar-refractivity contribution in [2.24, 2.45) is 0 Å². The van der Waals surface area contributed by atoms with Gasteiger partial charge in [0.2, 0.25) is 5.91 Å². The number of halogens is 6. The molecule has 0 radical (unpaired) electrons. The quantitative estimate of drug-likeness (QED) is 0.600. The summed E-state index contributed by atoms with van der Waals surface area (Å²) in [4.78, 5) is 17.3. The van der Waals surface area contributed by atoms with Crippen LogP contribution in [0.25, 0.3) is 22.2 Å². The Morgan fingerprint density at radius 2 is 1.90 bits per heavy atom. The summed E-state index contributed by atoms with van der Waals surface area (Å²) in [6.45, 7) is -1.54. The van der Waals surface area contributed by atoms with Gasteiger partial charge in [0.15, 0.2) is 0 Å². The normalized spacial score (nSPS) is 16.1. The Morgan fingerprint density at radius 1 is 1.17 bits per heavy atom. The highest BCUT2D eigenvalue weighted by Crippen LogP contribution is 2.36. The van der Waals surface area contributed by atoms with Crippen LogP contribution in [-0.2, 0) is 17.5 Å². The van der Waals surface area contributed by atoms with Crippen LogP contribution in [0.2, 0.25) is 0 Å². The highest BCUT2D eigenvalue weighted by molar-refractivity contribution is 5.84. The van der Waals surface area contributed by atoms with Gasteiger partial charge in [0.1, 0.15) is 12.4 Å². The maximum atomic E-state index is 14.4. The molecule has 29 heavy (non-hydrogen) atoms. The van der Waals surface area contributed by atoms with Crippen LogP contribution < -0.4 is 0 Å². The predicted octanol–water partition coefficient (Wildman–Crippen LogP) is 4.34. The van der Waals surface area contributed by atoms with Crippen LogP contribution in [0.4, 0.5) is 26.3 Å². The molecular formula is C19H13F6N3O. The number of aromatic nitrogens is 2. The number of amides is 1. The predicted molar refractivity (Wildman–Crippen MR) is 91.7 cm³/mol. The molecule has 0 spiro atoms. The third-order valence-corrected chi connectivity index (χ3v) is 4.74. The van der Waals surface area contributed by atoms with Gasteiger partial charge in [0.25, 0.3) is 5.92 Å². The van der Waals surface area contributed by atoms with E-state index in [1.807, 2.05) is 0 Å². The van der Waals surface area contributed by atoms with Gasteiger partial charge in [0.05, 0.1) is 29.7 Å². The number of rotatable bonds is 3. The van der Waals surface area contributed by atoms with Crippen molar-refractivity contribution in [3.8, 4) is 11.1 Å². The number of fused-ring (bicyclic) bond motifs is 1. The number of alkyl halides is 5. The monoisotopic (exact) mass is 413 g/mol. The molecule has 3 heterocycles. The maximum absolute atomic E-state index is 14.4. The first kappa shape index (κ1) is 19.3. The Kier molecular flexibility index (Phi) is 4.32. The fourth-order valence-corrected chi connectivity index (χ4v) is 3.26. The highest BCUT2D eigenvalue weighted by atomic mass is 19.4. The summed E-state index contributed by atoms with van der Waals surface area (Å²) in [5, 5.41) is 0. The van der Waals surface area contributed by atoms with Crippen molar-refractivity contribution in [1.82, 2.24) is 14.5 Å². The minimum Gasteiger partial charge on any atom is -0.337 e. The van der Waals surface area contributed by atoms with E-state index in [4.69, 9.17) is 0 Å². The van der Waals surface area contributed by atoms with E-state index < -0.39 is 42.5 Å². The van der Waals surface area contributed by atoms with Crippen LogP contribution in [0.1, 0.15) is 5.56 Å². The summed E-state index contributed by atoms with van der Waals surface area (Å²) in [5.74, 6) is -4.83. The van der Waals surface area contributed by atoms with Crippen molar-refractivity contribution in [1.29, 1.82) is 0 Å². The molecule has 1 aliphatic heterocycles. The number of benzene rings is 1. The maximum Gasteiger partial charge on any atom is 0.419 e. The number of hydrogen-bond acceptors (Lipinski definition) is 2. The summed E-state index contributed by atoms with van der Waals surface area (Å²) in [6, 6.07) is 5.93. The number of pyridine rings is 1. The first-order valence-corrected chi connectivity index (χ1v) is 8.52. The molecule has 0 atom stereocenters. The molecule has 1 saturated heterocycles. The van der Waals surface area contributed by atoms with Crippen molar-refractivity contribution < 1.29 is 31.1 Å². The first-order chi connectivity index (χ1) is 13.5. The van der Waals surface area contributed by atoms with Crippen LogP contribution in [0.15, 0.2) is 42.7 Å². The minimum atomic E-state index is -4.84. The van der Waals surface area contributed by atoms with Gasteiger partial charge in [-0.25, -0.2) is 13.2 Å². The average molecular weight is 413 g/mol. The molecule has 4 nitrogen and oxygen atoms in total. The van der Waals surface area contributed by atoms with Gasteiger partial charge >= 0.3 is 6.18 Å². The first-order valence-electron chi connectivity index (χ1n) is 8.52. The zero-order valence-corrected chi connectivity index (χ0v) is 14.7. The lowest BCUT2D eigenvalue weighted by Crippen LogP contribution is -2.59. The number of hydrogen-bond donors (Lipinski definition) is 0. The Labute approximate surface area is 160 Å². The zero-order chi connectivity index (χ0) is 21.0. The second-order valence-corrected chi connectivity index (χ2v) is 6.84. The Morgan fingerprint density at radius 3 is 2.55 bits per heavy atom. The molecule has 4 rings (SSSR count). The molecule has 0 saturated carbocycles. The van der Waals surface area contributed by atoms with Crippen molar-refractivity contribution >= 4 is 16.9 Å². The van der Waals surface area contributed by atoms with Crippen molar-refractivity contribution in [2.75, 3.05) is 13.1 Å². The summed E-state index contributed by atoms with van der Waals surface area (Å²) >= 11 is 0. The van der Waals surface area contributed by atoms with Gasteiger partial charge in [-0.2, -0.15) is 13.2 Å². The van der Waals surface area contributed by atoms with E-state index in [1.165, 1.54) is 29.1 Å². The van der Waals surface area contributed by atoms with E-state index in [-0.39, 0.29) is 17.7 Å². The van der Waals surface area contributed by atoms with Crippen molar-refractivity contribution in [2.45, 2.75) is 18.6 Å². The molecule has 1 aliphatic rings. The molecule has 10 heteroatoms. The van der Waals surface area contributed by atoms with E-state index in [1.54, 1.807) is 6.07 Å². The number of carbonyl (C=O) groups excluding carboxylic acids is 1. The van der Waals surface area contributed by atoms with Crippen LogP contribution >= 0.6 is 0 Å². The molecule has 2 aromatic heterocycles. The lowest BCUT2D eigenvalue weighted by Gasteiger charge is -2.38. The molecule has 152 valence electrons. The second kappa shape index (κ2) is 6.50. The molecule has 0 unspecified atom stereocenters. The standard InChI is InChI=1S/C19H13F6N3O/c20-17-12(2-1-3-13(17)19(23,24)25)11-6-15-14(26-7-11)4-5-27(15)8-16(29)28-9-18(21,22)10-28/h1-7H,8-10H2. The van der Waals surface area contributed by atoms with Gasteiger partial charge in [-0.1, -0.05) is 12.1 Å². The molecule has 0 N–H and O–H groups in total. The summed E-state index contributed by atoms with van der Waals surface area (Å²) in [6.07, 6.45) is -2.09. The smallest absolute Gasteiger partial charge is 0.337 e. The van der Waals surface area contributed by atoms with E-state index in [0.29, 0.717) is 17.1 Å². The van der Waals surface area contributed by atoms with Crippen molar-refractivity contribution in [3.05, 3.63) is 54.1 Å². The fraction of sp³-hybridized carbons (Fsp3) is 0.263. The highest BCUT2D eigenvalue weighted by Gasteiger charge is 2.46. The SMILES string of the molecule is O=C(Cn1ccc2ncc(-c3cccc(C(F)(F)F)c3F)cc21)N1CC(F)(F)C1. The second-order valence-electron chi connectivity index (χ2n) is 6.84. The van der Waals surface area contributed by atoms with E-state index >= 15 is 0 Å². The lowest BCUT2D eigenvalue weighted by molar-refractivity contribution is -0.166. The lowest BCUT2D eigenvalue weighted by atomic mass is 10.0. The van der Waals surface area contributed by atoms with E-state index in [9.17, 15) is 31.1 Å². The third-order valence-electron chi connectivity index (χ3n) is 4.74. The van der Waals surface area contributed by atoms with Gasteiger partial charge in [-0.05, 0) is 18.2 Å². The zero-order valence-electron chi connectivity index (χ0n) is 14.7. The fourth-order valence-electron chi connectivity index (χ4n) is 3.26. The van der Waals surface area contributed by atoms with E-state index in [2.05, 4.69) is 4.98 Å². The van der Waals surface area contributed by atoms with Gasteiger partial charge in [-0.3, -0.25) is 9.78 Å². The summed E-state index contributed by atoms with van der Waals surface area (Å²) in [7, 11) is 0. The molecular weight excluding hydrogens is 400 g/mol. The van der Waals surface area contributed by atoms with Gasteiger partial charge in [0, 0.05) is 23.5 Å². The van der Waals surface area contributed by atoms with Crippen LogP contribution in [0.3, 0.4) is 0 Å². The number of nitrogens with zero attached hydrogens (tertiary/aromatic N) is 3. The Balaban J connectivity index is 1.67. The number of carbonyl (C=O) groups is 1. The summed E-state index contributed by atoms with van der Waals surface area (Å²) in [5.41, 5.74) is -0.762. The third kappa shape index (κ3) is 3.54. The molecule has 1 fully saturated rings. The number of likely N-dealkylation sites (tertiary alicyclic amines) is 1. The van der Waals surface area contributed by atoms with Gasteiger partial charge < -0.3 is 9.47 Å². The van der Waals surface area contributed by atoms with Crippen LogP contribution in [-0.4, -0.2) is 39.4 Å². The summed E-state index contributed by atoms with van der Waals surface area (Å²) < 4.78 is 80.7. The molecule has 3 aromatic rings. The topological polar surface area (TPSA) is 38.1 Å². The molecule has 0 bridgehead atoms.